The van der Waals surface area contributed by atoms with Gasteiger partial charge in [0.15, 0.2) is 0 Å². The highest BCUT2D eigenvalue weighted by atomic mass is 16.6. The van der Waals surface area contributed by atoms with Gasteiger partial charge >= 0.3 is 6.09 Å². The van der Waals surface area contributed by atoms with Crippen molar-refractivity contribution >= 4 is 6.09 Å². The molecule has 0 aliphatic carbocycles. The molecular weight excluding hydrogens is 280 g/mol. The monoisotopic (exact) mass is 306 g/mol. The van der Waals surface area contributed by atoms with Gasteiger partial charge in [-0.05, 0) is 51.4 Å². The first-order chi connectivity index (χ1) is 10.4. The van der Waals surface area contributed by atoms with E-state index < -0.39 is 5.60 Å². The van der Waals surface area contributed by atoms with Gasteiger partial charge in [0.2, 0.25) is 0 Å². The smallest absolute Gasteiger partial charge is 0.410 e. The van der Waals surface area contributed by atoms with Crippen LogP contribution in [0.4, 0.5) is 4.79 Å². The maximum Gasteiger partial charge on any atom is 0.410 e. The number of carbonyl (C=O) groups is 1. The number of nitrogens with zero attached hydrogens (tertiary/aromatic N) is 1. The predicted octanol–water partition coefficient (Wildman–Crippen LogP) is 2.45. The number of likely N-dealkylation sites (tertiary alicyclic amines) is 1. The maximum absolute atomic E-state index is 11.8. The molecule has 0 aromatic heterocycles. The van der Waals surface area contributed by atoms with Crippen LogP contribution in [0.2, 0.25) is 0 Å². The second-order valence-electron chi connectivity index (χ2n) is 6.64. The van der Waals surface area contributed by atoms with Crippen molar-refractivity contribution in [2.24, 2.45) is 0 Å². The Kier molecular flexibility index (Phi) is 5.29. The molecule has 1 aliphatic heterocycles. The molecule has 22 heavy (non-hydrogen) atoms. The number of ether oxygens (including phenoxy) is 2. The Morgan fingerprint density at radius 1 is 1.36 bits per heavy atom. The molecule has 1 aromatic carbocycles. The highest BCUT2D eigenvalue weighted by Crippen LogP contribution is 2.16. The average molecular weight is 306 g/mol. The summed E-state index contributed by atoms with van der Waals surface area (Å²) in [6.07, 6.45) is 0.721. The lowest BCUT2D eigenvalue weighted by molar-refractivity contribution is 0.00542. The number of hydrogen-bond acceptors (Lipinski definition) is 4. The van der Waals surface area contributed by atoms with Gasteiger partial charge in [0.25, 0.3) is 0 Å². The Bertz CT molecular complexity index is 505. The largest absolute Gasteiger partial charge is 0.497 e. The second-order valence-corrected chi connectivity index (χ2v) is 6.64. The third-order valence-corrected chi connectivity index (χ3v) is 3.51. The molecule has 5 nitrogen and oxygen atoms in total. The van der Waals surface area contributed by atoms with E-state index in [4.69, 9.17) is 9.47 Å². The molecule has 1 N–H and O–H groups in total. The van der Waals surface area contributed by atoms with Gasteiger partial charge < -0.3 is 19.7 Å². The van der Waals surface area contributed by atoms with Crippen LogP contribution in [0, 0.1) is 0 Å². The van der Waals surface area contributed by atoms with E-state index in [1.165, 1.54) is 5.56 Å². The van der Waals surface area contributed by atoms with Crippen molar-refractivity contribution in [2.75, 3.05) is 26.7 Å². The van der Waals surface area contributed by atoms with Crippen molar-refractivity contribution in [3.8, 4) is 5.75 Å². The van der Waals surface area contributed by atoms with Crippen LogP contribution in [0.1, 0.15) is 26.3 Å². The van der Waals surface area contributed by atoms with Gasteiger partial charge in [0, 0.05) is 19.1 Å². The number of nitrogens with one attached hydrogen (secondary N) is 1. The molecule has 0 spiro atoms. The molecular formula is C17H26N2O3. The van der Waals surface area contributed by atoms with Crippen LogP contribution < -0.4 is 10.1 Å². The van der Waals surface area contributed by atoms with Crippen LogP contribution in [0.5, 0.6) is 5.75 Å². The molecule has 0 bridgehead atoms. The molecule has 1 fully saturated rings. The first kappa shape index (κ1) is 16.6. The molecule has 5 heteroatoms. The number of methoxy groups -OCH3 is 1. The fourth-order valence-corrected chi connectivity index (χ4v) is 2.33. The van der Waals surface area contributed by atoms with Gasteiger partial charge in [-0.2, -0.15) is 0 Å². The van der Waals surface area contributed by atoms with Gasteiger partial charge in [-0.25, -0.2) is 4.79 Å². The van der Waals surface area contributed by atoms with Gasteiger partial charge in [-0.1, -0.05) is 12.1 Å². The fourth-order valence-electron chi connectivity index (χ4n) is 2.33. The molecule has 0 unspecified atom stereocenters. The molecule has 0 atom stereocenters. The standard InChI is InChI=1S/C17H26N2O3/c1-17(2,3)22-16(20)19-11-14(12-19)18-9-8-13-6-5-7-15(10-13)21-4/h5-7,10,14,18H,8-9,11-12H2,1-4H3. The third-order valence-electron chi connectivity index (χ3n) is 3.51. The summed E-state index contributed by atoms with van der Waals surface area (Å²) in [5.41, 5.74) is 0.817. The molecule has 122 valence electrons. The minimum Gasteiger partial charge on any atom is -0.497 e. The van der Waals surface area contributed by atoms with Gasteiger partial charge in [-0.3, -0.25) is 0 Å². The maximum atomic E-state index is 11.8. The van der Waals surface area contributed by atoms with Crippen LogP contribution in [0.25, 0.3) is 0 Å². The van der Waals surface area contributed by atoms with Crippen LogP contribution in [0.3, 0.4) is 0 Å². The first-order valence-corrected chi connectivity index (χ1v) is 7.71. The highest BCUT2D eigenvalue weighted by Gasteiger charge is 2.33. The van der Waals surface area contributed by atoms with E-state index in [2.05, 4.69) is 17.4 Å². The molecule has 1 aromatic rings. The minimum atomic E-state index is -0.429. The lowest BCUT2D eigenvalue weighted by atomic mass is 10.1. The molecule has 0 radical (unpaired) electrons. The van der Waals surface area contributed by atoms with E-state index in [1.54, 1.807) is 12.0 Å². The quantitative estimate of drug-likeness (QED) is 0.908. The molecule has 1 aliphatic rings. The van der Waals surface area contributed by atoms with Crippen molar-refractivity contribution in [1.29, 1.82) is 0 Å². The summed E-state index contributed by atoms with van der Waals surface area (Å²) in [4.78, 5) is 13.5. The zero-order chi connectivity index (χ0) is 16.2. The summed E-state index contributed by atoms with van der Waals surface area (Å²) < 4.78 is 10.6. The van der Waals surface area contributed by atoms with E-state index in [9.17, 15) is 4.79 Å². The van der Waals surface area contributed by atoms with E-state index >= 15 is 0 Å². The van der Waals surface area contributed by atoms with E-state index in [0.29, 0.717) is 19.1 Å². The zero-order valence-electron chi connectivity index (χ0n) is 13.9. The van der Waals surface area contributed by atoms with Crippen LogP contribution >= 0.6 is 0 Å². The summed E-state index contributed by atoms with van der Waals surface area (Å²) in [5, 5.41) is 3.46. The van der Waals surface area contributed by atoms with Gasteiger partial charge in [0.1, 0.15) is 11.4 Å². The SMILES string of the molecule is COc1cccc(CCNC2CN(C(=O)OC(C)(C)C)C2)c1. The topological polar surface area (TPSA) is 50.8 Å². The summed E-state index contributed by atoms with van der Waals surface area (Å²) in [6, 6.07) is 8.45. The number of rotatable bonds is 5. The first-order valence-electron chi connectivity index (χ1n) is 7.71. The summed E-state index contributed by atoms with van der Waals surface area (Å²) in [5.74, 6) is 0.886. The molecule has 0 saturated carbocycles. The highest BCUT2D eigenvalue weighted by molar-refractivity contribution is 5.69. The Balaban J connectivity index is 1.65. The van der Waals surface area contributed by atoms with E-state index in [-0.39, 0.29) is 6.09 Å². The summed E-state index contributed by atoms with van der Waals surface area (Å²) >= 11 is 0. The van der Waals surface area contributed by atoms with Crippen molar-refractivity contribution in [1.82, 2.24) is 10.2 Å². The number of carbonyl (C=O) groups excluding carboxylic acids is 1. The zero-order valence-corrected chi connectivity index (χ0v) is 13.9. The summed E-state index contributed by atoms with van der Waals surface area (Å²) in [6.45, 7) is 7.97. The Hall–Kier alpha value is -1.75. The van der Waals surface area contributed by atoms with Gasteiger partial charge in [0.05, 0.1) is 7.11 Å². The molecule has 1 heterocycles. The lowest BCUT2D eigenvalue weighted by Gasteiger charge is -2.40. The number of amides is 1. The minimum absolute atomic E-state index is 0.224. The van der Waals surface area contributed by atoms with Crippen molar-refractivity contribution in [3.63, 3.8) is 0 Å². The number of hydrogen-bond donors (Lipinski definition) is 1. The average Bonchev–Trinajstić information content (AvgIpc) is 2.39. The van der Waals surface area contributed by atoms with Crippen molar-refractivity contribution < 1.29 is 14.3 Å². The second kappa shape index (κ2) is 7.01. The Morgan fingerprint density at radius 2 is 2.09 bits per heavy atom. The Morgan fingerprint density at radius 3 is 2.73 bits per heavy atom. The van der Waals surface area contributed by atoms with Crippen LogP contribution in [0.15, 0.2) is 24.3 Å². The third kappa shape index (κ3) is 4.91. The molecule has 1 amide bonds. The van der Waals surface area contributed by atoms with Crippen LogP contribution in [-0.4, -0.2) is 49.4 Å². The van der Waals surface area contributed by atoms with Gasteiger partial charge in [-0.15, -0.1) is 0 Å². The predicted molar refractivity (Wildman–Crippen MR) is 86.3 cm³/mol. The fraction of sp³-hybridized carbons (Fsp3) is 0.588. The van der Waals surface area contributed by atoms with Crippen molar-refractivity contribution in [3.05, 3.63) is 29.8 Å². The van der Waals surface area contributed by atoms with E-state index in [1.807, 2.05) is 32.9 Å². The lowest BCUT2D eigenvalue weighted by Crippen LogP contribution is -2.60. The van der Waals surface area contributed by atoms with Crippen LogP contribution in [-0.2, 0) is 11.2 Å². The molecule has 1 saturated heterocycles. The summed E-state index contributed by atoms with van der Waals surface area (Å²) in [7, 11) is 1.68. The normalized spacial score (nSPS) is 15.4. The number of benzene rings is 1. The van der Waals surface area contributed by atoms with Crippen molar-refractivity contribution in [2.45, 2.75) is 38.8 Å². The van der Waals surface area contributed by atoms with E-state index in [0.717, 1.165) is 18.7 Å². The Labute approximate surface area is 132 Å². The molecule has 2 rings (SSSR count).